The van der Waals surface area contributed by atoms with E-state index in [1.54, 1.807) is 0 Å². The predicted octanol–water partition coefficient (Wildman–Crippen LogP) is 4.36. The zero-order valence-electron chi connectivity index (χ0n) is 12.0. The molecule has 0 amide bonds. The van der Waals surface area contributed by atoms with Crippen LogP contribution in [-0.4, -0.2) is 6.04 Å². The lowest BCUT2D eigenvalue weighted by Crippen LogP contribution is -2.48. The van der Waals surface area contributed by atoms with Gasteiger partial charge in [0.2, 0.25) is 0 Å². The zero-order valence-corrected chi connectivity index (χ0v) is 12.0. The first-order chi connectivity index (χ1) is 8.01. The van der Waals surface area contributed by atoms with Crippen molar-refractivity contribution in [3.63, 3.8) is 0 Å². The molecular weight excluding hydrogens is 206 g/mol. The normalized spacial score (nSPS) is 39.9. The van der Waals surface area contributed by atoms with Crippen LogP contribution in [0.15, 0.2) is 0 Å². The Kier molecular flexibility index (Phi) is 4.18. The van der Waals surface area contributed by atoms with Crippen molar-refractivity contribution in [3.8, 4) is 0 Å². The van der Waals surface area contributed by atoms with Crippen LogP contribution >= 0.6 is 0 Å². The van der Waals surface area contributed by atoms with Crippen LogP contribution in [-0.2, 0) is 0 Å². The molecule has 0 aromatic heterocycles. The van der Waals surface area contributed by atoms with Gasteiger partial charge >= 0.3 is 0 Å². The lowest BCUT2D eigenvalue weighted by atomic mass is 9.62. The molecule has 1 nitrogen and oxygen atoms in total. The minimum Gasteiger partial charge on any atom is -0.327 e. The fourth-order valence-corrected chi connectivity index (χ4v) is 4.56. The first-order valence-electron chi connectivity index (χ1n) is 7.77. The van der Waals surface area contributed by atoms with Crippen molar-refractivity contribution < 1.29 is 0 Å². The molecule has 0 aromatic rings. The number of hydrogen-bond acceptors (Lipinski definition) is 1. The van der Waals surface area contributed by atoms with Crippen molar-refractivity contribution in [1.29, 1.82) is 0 Å². The van der Waals surface area contributed by atoms with Crippen LogP contribution in [0.25, 0.3) is 0 Å². The average Bonchev–Trinajstić information content (AvgIpc) is 2.27. The Hall–Kier alpha value is -0.0400. The molecule has 2 aliphatic carbocycles. The molecule has 0 radical (unpaired) electrons. The van der Waals surface area contributed by atoms with E-state index in [1.807, 2.05) is 0 Å². The number of nitrogens with two attached hydrogens (primary N) is 1. The van der Waals surface area contributed by atoms with E-state index < -0.39 is 0 Å². The second-order valence-corrected chi connectivity index (χ2v) is 7.42. The van der Waals surface area contributed by atoms with E-state index in [4.69, 9.17) is 5.73 Å². The second kappa shape index (κ2) is 5.30. The second-order valence-electron chi connectivity index (χ2n) is 7.42. The fourth-order valence-electron chi connectivity index (χ4n) is 4.56. The SMILES string of the molecule is CC1CC(C)CC(C(N)C2(C)CCCCC2)C1. The molecule has 2 N–H and O–H groups in total. The van der Waals surface area contributed by atoms with Gasteiger partial charge in [0.1, 0.15) is 0 Å². The van der Waals surface area contributed by atoms with Crippen molar-refractivity contribution in [2.45, 2.75) is 78.2 Å². The summed E-state index contributed by atoms with van der Waals surface area (Å²) >= 11 is 0. The van der Waals surface area contributed by atoms with Gasteiger partial charge in [0.25, 0.3) is 0 Å². The number of hydrogen-bond donors (Lipinski definition) is 1. The van der Waals surface area contributed by atoms with Gasteiger partial charge in [-0.25, -0.2) is 0 Å². The topological polar surface area (TPSA) is 26.0 Å². The van der Waals surface area contributed by atoms with E-state index in [9.17, 15) is 0 Å². The Morgan fingerprint density at radius 1 is 0.941 bits per heavy atom. The maximum atomic E-state index is 6.68. The van der Waals surface area contributed by atoms with Crippen LogP contribution in [0.2, 0.25) is 0 Å². The van der Waals surface area contributed by atoms with E-state index in [2.05, 4.69) is 20.8 Å². The summed E-state index contributed by atoms with van der Waals surface area (Å²) in [7, 11) is 0. The van der Waals surface area contributed by atoms with Gasteiger partial charge in [-0.2, -0.15) is 0 Å². The van der Waals surface area contributed by atoms with Crippen LogP contribution < -0.4 is 5.73 Å². The predicted molar refractivity (Wildman–Crippen MR) is 74.8 cm³/mol. The zero-order chi connectivity index (χ0) is 12.5. The first kappa shape index (κ1) is 13.4. The molecule has 0 spiro atoms. The summed E-state index contributed by atoms with van der Waals surface area (Å²) in [5, 5.41) is 0. The molecule has 100 valence electrons. The molecule has 0 aliphatic heterocycles. The highest BCUT2D eigenvalue weighted by Gasteiger charge is 2.39. The highest BCUT2D eigenvalue weighted by Crippen LogP contribution is 2.45. The third-order valence-electron chi connectivity index (χ3n) is 5.52. The maximum Gasteiger partial charge on any atom is 0.0122 e. The molecular formula is C16H31N. The molecule has 3 unspecified atom stereocenters. The van der Waals surface area contributed by atoms with Crippen molar-refractivity contribution in [2.24, 2.45) is 28.9 Å². The number of rotatable bonds is 2. The van der Waals surface area contributed by atoms with Gasteiger partial charge in [-0.3, -0.25) is 0 Å². The van der Waals surface area contributed by atoms with Gasteiger partial charge in [-0.1, -0.05) is 40.0 Å². The Morgan fingerprint density at radius 2 is 1.47 bits per heavy atom. The van der Waals surface area contributed by atoms with Crippen LogP contribution in [0, 0.1) is 23.2 Å². The van der Waals surface area contributed by atoms with Gasteiger partial charge in [0.05, 0.1) is 0 Å². The Bertz CT molecular complexity index is 232. The van der Waals surface area contributed by atoms with E-state index in [-0.39, 0.29) is 0 Å². The van der Waals surface area contributed by atoms with Crippen molar-refractivity contribution in [3.05, 3.63) is 0 Å². The van der Waals surface area contributed by atoms with E-state index >= 15 is 0 Å². The lowest BCUT2D eigenvalue weighted by Gasteiger charge is -2.45. The summed E-state index contributed by atoms with van der Waals surface area (Å²) in [5.41, 5.74) is 7.13. The molecule has 2 aliphatic rings. The minimum absolute atomic E-state index is 0.444. The van der Waals surface area contributed by atoms with Gasteiger partial charge in [0.15, 0.2) is 0 Å². The van der Waals surface area contributed by atoms with Crippen LogP contribution in [0.4, 0.5) is 0 Å². The Balaban J connectivity index is 2.00. The molecule has 2 saturated carbocycles. The van der Waals surface area contributed by atoms with Gasteiger partial charge in [-0.05, 0) is 55.3 Å². The summed E-state index contributed by atoms with van der Waals surface area (Å²) in [6.07, 6.45) is 11.1. The molecule has 17 heavy (non-hydrogen) atoms. The summed E-state index contributed by atoms with van der Waals surface area (Å²) < 4.78 is 0. The third kappa shape index (κ3) is 3.05. The average molecular weight is 237 g/mol. The monoisotopic (exact) mass is 237 g/mol. The van der Waals surface area contributed by atoms with Crippen LogP contribution in [0.1, 0.15) is 72.1 Å². The van der Waals surface area contributed by atoms with Gasteiger partial charge < -0.3 is 5.73 Å². The lowest BCUT2D eigenvalue weighted by molar-refractivity contribution is 0.0850. The Labute approximate surface area is 108 Å². The van der Waals surface area contributed by atoms with Crippen molar-refractivity contribution in [1.82, 2.24) is 0 Å². The summed E-state index contributed by atoms with van der Waals surface area (Å²) in [6.45, 7) is 7.29. The first-order valence-corrected chi connectivity index (χ1v) is 7.77. The van der Waals surface area contributed by atoms with E-state index in [0.717, 1.165) is 17.8 Å². The van der Waals surface area contributed by atoms with Gasteiger partial charge in [-0.15, -0.1) is 0 Å². The van der Waals surface area contributed by atoms with Crippen LogP contribution in [0.3, 0.4) is 0 Å². The largest absolute Gasteiger partial charge is 0.327 e. The smallest absolute Gasteiger partial charge is 0.0122 e. The molecule has 3 atom stereocenters. The van der Waals surface area contributed by atoms with E-state index in [0.29, 0.717) is 11.5 Å². The molecule has 2 fully saturated rings. The van der Waals surface area contributed by atoms with Crippen molar-refractivity contribution in [2.75, 3.05) is 0 Å². The molecule has 1 heteroatoms. The molecule has 0 bridgehead atoms. The molecule has 2 rings (SSSR count). The summed E-state index contributed by atoms with van der Waals surface area (Å²) in [6, 6.07) is 0.452. The molecule has 0 heterocycles. The maximum absolute atomic E-state index is 6.68. The Morgan fingerprint density at radius 3 is 2.00 bits per heavy atom. The highest BCUT2D eigenvalue weighted by atomic mass is 14.7. The standard InChI is InChI=1S/C16H31N/c1-12-9-13(2)11-14(10-12)15(17)16(3)7-5-4-6-8-16/h12-15H,4-11,17H2,1-3H3. The molecule has 0 saturated heterocycles. The molecule has 0 aromatic carbocycles. The fraction of sp³-hybridized carbons (Fsp3) is 1.00. The third-order valence-corrected chi connectivity index (χ3v) is 5.52. The van der Waals surface area contributed by atoms with Crippen LogP contribution in [0.5, 0.6) is 0 Å². The van der Waals surface area contributed by atoms with Crippen molar-refractivity contribution >= 4 is 0 Å². The summed E-state index contributed by atoms with van der Waals surface area (Å²) in [4.78, 5) is 0. The van der Waals surface area contributed by atoms with Gasteiger partial charge in [0, 0.05) is 6.04 Å². The summed E-state index contributed by atoms with van der Waals surface area (Å²) in [5.74, 6) is 2.57. The quantitative estimate of drug-likeness (QED) is 0.759. The minimum atomic E-state index is 0.444. The highest BCUT2D eigenvalue weighted by molar-refractivity contribution is 4.94. The van der Waals surface area contributed by atoms with E-state index in [1.165, 1.54) is 51.4 Å².